The Hall–Kier alpha value is -1.45. The summed E-state index contributed by atoms with van der Waals surface area (Å²) in [5, 5.41) is 0. The number of amides is 1. The topological polar surface area (TPSA) is 60.2 Å². The third kappa shape index (κ3) is 1.74. The van der Waals surface area contributed by atoms with Crippen molar-refractivity contribution in [3.05, 3.63) is 29.8 Å². The van der Waals surface area contributed by atoms with Crippen molar-refractivity contribution in [1.29, 1.82) is 0 Å². The van der Waals surface area contributed by atoms with E-state index in [1.165, 1.54) is 6.07 Å². The average molecular weight is 147 g/mol. The van der Waals surface area contributed by atoms with Gasteiger partial charge < -0.3 is 0 Å². The average Bonchev–Trinajstić information content (AvgIpc) is 2.05. The van der Waals surface area contributed by atoms with Gasteiger partial charge in [0.2, 0.25) is 0 Å². The summed E-state index contributed by atoms with van der Waals surface area (Å²) in [6.07, 6.45) is 0. The predicted molar refractivity (Wildman–Crippen MR) is 41.0 cm³/mol. The number of rotatable bonds is 2. The monoisotopic (exact) mass is 147 g/mol. The molecule has 0 aliphatic carbocycles. The zero-order valence-corrected chi connectivity index (χ0v) is 5.78. The molecular formula is C7H6BNO2. The van der Waals surface area contributed by atoms with E-state index in [-0.39, 0.29) is 0 Å². The number of hydrogen-bond donors (Lipinski definition) is 1. The first kappa shape index (κ1) is 7.66. The number of benzene rings is 1. The van der Waals surface area contributed by atoms with Gasteiger partial charge in [0.25, 0.3) is 0 Å². The van der Waals surface area contributed by atoms with E-state index in [0.717, 1.165) is 0 Å². The van der Waals surface area contributed by atoms with Crippen LogP contribution in [-0.2, 0) is 4.70 Å². The first-order chi connectivity index (χ1) is 5.24. The van der Waals surface area contributed by atoms with Crippen LogP contribution in [0.4, 0.5) is 0 Å². The number of carbonyl (C=O) groups excluding carboxylic acids is 1. The summed E-state index contributed by atoms with van der Waals surface area (Å²) in [7, 11) is 0.673. The fraction of sp³-hybridized carbons (Fsp3) is 0. The van der Waals surface area contributed by atoms with Crippen LogP contribution in [-0.4, -0.2) is 13.1 Å². The van der Waals surface area contributed by atoms with Gasteiger partial charge in [0.05, 0.1) is 0 Å². The predicted octanol–water partition coefficient (Wildman–Crippen LogP) is -0.540. The molecule has 0 radical (unpaired) electrons. The van der Waals surface area contributed by atoms with Crippen molar-refractivity contribution in [2.75, 3.05) is 0 Å². The normalized spacial score (nSPS) is 8.73. The maximum absolute atomic E-state index is 10.6. The van der Waals surface area contributed by atoms with Gasteiger partial charge >= 0.3 is 63.6 Å². The number of hydrogen-bond acceptors (Lipinski definition) is 2. The van der Waals surface area contributed by atoms with Crippen LogP contribution in [0, 0.1) is 0 Å². The van der Waals surface area contributed by atoms with E-state index in [1.54, 1.807) is 18.2 Å². The van der Waals surface area contributed by atoms with E-state index in [1.807, 2.05) is 0 Å². The molecule has 0 atom stereocenters. The molecule has 1 amide bonds. The molecule has 0 aliphatic heterocycles. The van der Waals surface area contributed by atoms with Crippen LogP contribution in [0.15, 0.2) is 24.3 Å². The van der Waals surface area contributed by atoms with Crippen molar-refractivity contribution < 1.29 is 9.50 Å². The summed E-state index contributed by atoms with van der Waals surface area (Å²) in [5.74, 6) is -0.520. The third-order valence-electron chi connectivity index (χ3n) is 1.31. The quantitative estimate of drug-likeness (QED) is 0.571. The molecule has 0 bridgehead atoms. The van der Waals surface area contributed by atoms with E-state index in [9.17, 15) is 9.50 Å². The molecule has 0 aliphatic rings. The van der Waals surface area contributed by atoms with Crippen LogP contribution >= 0.6 is 0 Å². The second-order valence-corrected chi connectivity index (χ2v) is 2.11. The van der Waals surface area contributed by atoms with E-state index < -0.39 is 5.91 Å². The van der Waals surface area contributed by atoms with Crippen molar-refractivity contribution >= 4 is 18.5 Å². The fourth-order valence-electron chi connectivity index (χ4n) is 0.765. The summed E-state index contributed by atoms with van der Waals surface area (Å²) in [6.45, 7) is 0. The van der Waals surface area contributed by atoms with Gasteiger partial charge in [0, 0.05) is 0 Å². The Bertz CT molecular complexity index is 298. The summed E-state index contributed by atoms with van der Waals surface area (Å²) in [6, 6.07) is 6.24. The van der Waals surface area contributed by atoms with Gasteiger partial charge in [-0.05, 0) is 0 Å². The molecule has 1 aromatic carbocycles. The van der Waals surface area contributed by atoms with Gasteiger partial charge in [0.15, 0.2) is 0 Å². The zero-order valence-electron chi connectivity index (χ0n) is 5.78. The SMILES string of the molecule is NC(=O)c1cccc(B=O)c1. The van der Waals surface area contributed by atoms with Gasteiger partial charge in [-0.3, -0.25) is 0 Å². The van der Waals surface area contributed by atoms with Crippen LogP contribution < -0.4 is 11.2 Å². The Balaban J connectivity index is 3.10. The minimum atomic E-state index is -0.520. The first-order valence-corrected chi connectivity index (χ1v) is 3.09. The fourth-order valence-corrected chi connectivity index (χ4v) is 0.765. The van der Waals surface area contributed by atoms with Crippen LogP contribution in [0.3, 0.4) is 0 Å². The molecule has 0 heterocycles. The van der Waals surface area contributed by atoms with Gasteiger partial charge in [-0.15, -0.1) is 0 Å². The van der Waals surface area contributed by atoms with Crippen LogP contribution in [0.25, 0.3) is 0 Å². The Morgan fingerprint density at radius 2 is 2.18 bits per heavy atom. The van der Waals surface area contributed by atoms with Crippen molar-refractivity contribution in [3.8, 4) is 0 Å². The van der Waals surface area contributed by atoms with Crippen molar-refractivity contribution in [3.63, 3.8) is 0 Å². The molecule has 1 rings (SSSR count). The molecular weight excluding hydrogens is 141 g/mol. The van der Waals surface area contributed by atoms with E-state index >= 15 is 0 Å². The van der Waals surface area contributed by atoms with Crippen LogP contribution in [0.5, 0.6) is 0 Å². The Kier molecular flexibility index (Phi) is 2.16. The molecule has 1 aromatic rings. The van der Waals surface area contributed by atoms with E-state index in [2.05, 4.69) is 0 Å². The molecule has 0 spiro atoms. The first-order valence-electron chi connectivity index (χ1n) is 3.09. The van der Waals surface area contributed by atoms with Crippen molar-refractivity contribution in [2.24, 2.45) is 5.73 Å². The molecule has 54 valence electrons. The summed E-state index contributed by atoms with van der Waals surface area (Å²) in [5.41, 5.74) is 5.80. The third-order valence-corrected chi connectivity index (χ3v) is 1.31. The Labute approximate surface area is 64.5 Å². The Morgan fingerprint density at radius 3 is 2.73 bits per heavy atom. The summed E-state index contributed by atoms with van der Waals surface area (Å²) < 4.78 is 10.2. The van der Waals surface area contributed by atoms with Gasteiger partial charge in [-0.2, -0.15) is 0 Å². The molecule has 0 aromatic heterocycles. The molecule has 4 heteroatoms. The van der Waals surface area contributed by atoms with E-state index in [4.69, 9.17) is 5.73 Å². The molecule has 11 heavy (non-hydrogen) atoms. The van der Waals surface area contributed by atoms with Gasteiger partial charge in [0.1, 0.15) is 0 Å². The molecule has 0 unspecified atom stereocenters. The molecule has 0 saturated heterocycles. The Morgan fingerprint density at radius 1 is 1.45 bits per heavy atom. The molecule has 2 N–H and O–H groups in total. The van der Waals surface area contributed by atoms with Crippen molar-refractivity contribution in [1.82, 2.24) is 0 Å². The molecule has 0 saturated carbocycles. The second-order valence-electron chi connectivity index (χ2n) is 2.11. The zero-order chi connectivity index (χ0) is 8.27. The van der Waals surface area contributed by atoms with Crippen molar-refractivity contribution in [2.45, 2.75) is 0 Å². The second kappa shape index (κ2) is 3.10. The number of carbonyl (C=O) groups is 1. The number of primary amides is 1. The summed E-state index contributed by atoms with van der Waals surface area (Å²) in [4.78, 5) is 10.6. The standard InChI is InChI=1S/C7H6BNO2/c9-7(10)5-2-1-3-6(4-5)8-11/h1-4H,(H2,9,10). The van der Waals surface area contributed by atoms with E-state index in [0.29, 0.717) is 18.2 Å². The minimum absolute atomic E-state index is 0.356. The van der Waals surface area contributed by atoms with Crippen LogP contribution in [0.2, 0.25) is 0 Å². The number of nitrogens with two attached hydrogens (primary N) is 1. The maximum atomic E-state index is 10.6. The van der Waals surface area contributed by atoms with Gasteiger partial charge in [-0.1, -0.05) is 0 Å². The van der Waals surface area contributed by atoms with Crippen LogP contribution in [0.1, 0.15) is 10.4 Å². The summed E-state index contributed by atoms with van der Waals surface area (Å²) >= 11 is 0. The molecule has 3 nitrogen and oxygen atoms in total. The molecule has 0 fully saturated rings. The van der Waals surface area contributed by atoms with Gasteiger partial charge in [-0.25, -0.2) is 0 Å².